The van der Waals surface area contributed by atoms with Crippen LogP contribution in [0.15, 0.2) is 22.6 Å². The number of hydrogen-bond acceptors (Lipinski definition) is 4. The number of likely N-dealkylation sites (tertiary alicyclic amines) is 1. The Balaban J connectivity index is 0.00000210. The number of piperazine rings is 1. The summed E-state index contributed by atoms with van der Waals surface area (Å²) in [4.78, 5) is 29.0. The van der Waals surface area contributed by atoms with Gasteiger partial charge in [-0.2, -0.15) is 0 Å². The Bertz CT molecular complexity index is 867. The lowest BCUT2D eigenvalue weighted by molar-refractivity contribution is -0.135. The molecule has 2 aromatic rings. The summed E-state index contributed by atoms with van der Waals surface area (Å²) in [6.07, 6.45) is 1.81. The molecular formula is C19H23Cl2N3O3. The molecule has 1 aromatic heterocycles. The van der Waals surface area contributed by atoms with E-state index < -0.39 is 0 Å². The number of hydrogen-bond donors (Lipinski definition) is 1. The molecule has 1 N–H and O–H groups in total. The number of aryl methyl sites for hydroxylation is 1. The van der Waals surface area contributed by atoms with Crippen LogP contribution in [0.3, 0.4) is 0 Å². The second kappa shape index (κ2) is 8.09. The summed E-state index contributed by atoms with van der Waals surface area (Å²) in [6, 6.07) is 5.60. The number of furan rings is 1. The average molecular weight is 412 g/mol. The molecule has 0 radical (unpaired) electrons. The van der Waals surface area contributed by atoms with Crippen LogP contribution in [0.2, 0.25) is 5.02 Å². The molecular weight excluding hydrogens is 389 g/mol. The molecule has 6 nitrogen and oxygen atoms in total. The van der Waals surface area contributed by atoms with Crippen LogP contribution in [-0.2, 0) is 4.79 Å². The lowest BCUT2D eigenvalue weighted by Gasteiger charge is -2.40. The Kier molecular flexibility index (Phi) is 5.99. The van der Waals surface area contributed by atoms with E-state index in [2.05, 4.69) is 5.32 Å². The van der Waals surface area contributed by atoms with Gasteiger partial charge in [0.2, 0.25) is 5.91 Å². The van der Waals surface area contributed by atoms with E-state index in [0.717, 1.165) is 30.3 Å². The highest BCUT2D eigenvalue weighted by Crippen LogP contribution is 2.32. The Morgan fingerprint density at radius 1 is 1.33 bits per heavy atom. The predicted octanol–water partition coefficient (Wildman–Crippen LogP) is 2.85. The fraction of sp³-hybridized carbons (Fsp3) is 0.474. The molecule has 146 valence electrons. The summed E-state index contributed by atoms with van der Waals surface area (Å²) < 4.78 is 5.83. The quantitative estimate of drug-likeness (QED) is 0.824. The van der Waals surface area contributed by atoms with E-state index in [9.17, 15) is 9.59 Å². The molecule has 0 bridgehead atoms. The van der Waals surface area contributed by atoms with Crippen molar-refractivity contribution in [2.24, 2.45) is 0 Å². The number of amides is 2. The van der Waals surface area contributed by atoms with Crippen molar-refractivity contribution in [1.82, 2.24) is 15.1 Å². The van der Waals surface area contributed by atoms with Gasteiger partial charge in [-0.3, -0.25) is 9.59 Å². The molecule has 8 heteroatoms. The zero-order valence-corrected chi connectivity index (χ0v) is 16.7. The van der Waals surface area contributed by atoms with Gasteiger partial charge in [0.1, 0.15) is 0 Å². The first-order chi connectivity index (χ1) is 12.6. The summed E-state index contributed by atoms with van der Waals surface area (Å²) in [5.74, 6) is 0.338. The molecule has 3 heterocycles. The molecule has 27 heavy (non-hydrogen) atoms. The van der Waals surface area contributed by atoms with Gasteiger partial charge in [0.05, 0.1) is 11.6 Å². The highest BCUT2D eigenvalue weighted by atomic mass is 35.5. The van der Waals surface area contributed by atoms with Crippen molar-refractivity contribution >= 4 is 46.8 Å². The molecule has 2 saturated heterocycles. The third-order valence-corrected chi connectivity index (χ3v) is 5.66. The average Bonchev–Trinajstić information content (AvgIpc) is 3.00. The smallest absolute Gasteiger partial charge is 0.289 e. The van der Waals surface area contributed by atoms with E-state index in [0.29, 0.717) is 42.5 Å². The SMILES string of the molecule is Cc1c(C(=O)N2CCCC(N3CCNCC3=O)C2)oc2c(Cl)cccc12.Cl. The van der Waals surface area contributed by atoms with Crippen molar-refractivity contribution < 1.29 is 14.0 Å². The molecule has 0 aliphatic carbocycles. The molecule has 4 rings (SSSR count). The molecule has 1 unspecified atom stereocenters. The number of carbonyl (C=O) groups excluding carboxylic acids is 2. The predicted molar refractivity (Wildman–Crippen MR) is 107 cm³/mol. The van der Waals surface area contributed by atoms with Gasteiger partial charge in [0.15, 0.2) is 11.3 Å². The number of nitrogens with one attached hydrogen (secondary N) is 1. The Morgan fingerprint density at radius 2 is 2.15 bits per heavy atom. The minimum Gasteiger partial charge on any atom is -0.449 e. The van der Waals surface area contributed by atoms with Crippen LogP contribution in [0, 0.1) is 6.92 Å². The number of halogens is 2. The number of fused-ring (bicyclic) bond motifs is 1. The van der Waals surface area contributed by atoms with Crippen LogP contribution in [0.5, 0.6) is 0 Å². The third kappa shape index (κ3) is 3.66. The van der Waals surface area contributed by atoms with Crippen LogP contribution in [0.1, 0.15) is 29.0 Å². The van der Waals surface area contributed by atoms with Gasteiger partial charge in [0.25, 0.3) is 5.91 Å². The fourth-order valence-corrected chi connectivity index (χ4v) is 4.17. The zero-order valence-electron chi connectivity index (χ0n) is 15.2. The van der Waals surface area contributed by atoms with Crippen LogP contribution in [0.25, 0.3) is 11.0 Å². The van der Waals surface area contributed by atoms with Gasteiger partial charge in [0, 0.05) is 43.2 Å². The van der Waals surface area contributed by atoms with Crippen molar-refractivity contribution in [3.05, 3.63) is 34.5 Å². The second-order valence-electron chi connectivity index (χ2n) is 6.98. The maximum Gasteiger partial charge on any atom is 0.289 e. The first kappa shape index (κ1) is 20.0. The molecule has 2 aliphatic heterocycles. The number of piperidine rings is 1. The standard InChI is InChI=1S/C19H22ClN3O3.ClH/c1-12-14-5-2-6-15(20)18(14)26-17(12)19(25)22-8-3-4-13(11-22)23-9-7-21-10-16(23)24;/h2,5-6,13,21H,3-4,7-11H2,1H3;1H. The highest BCUT2D eigenvalue weighted by molar-refractivity contribution is 6.35. The van der Waals surface area contributed by atoms with Crippen molar-refractivity contribution in [1.29, 1.82) is 0 Å². The van der Waals surface area contributed by atoms with Gasteiger partial charge in [-0.25, -0.2) is 0 Å². The van der Waals surface area contributed by atoms with Crippen molar-refractivity contribution in [2.75, 3.05) is 32.7 Å². The van der Waals surface area contributed by atoms with E-state index in [1.807, 2.05) is 28.9 Å². The van der Waals surface area contributed by atoms with Gasteiger partial charge in [-0.15, -0.1) is 12.4 Å². The highest BCUT2D eigenvalue weighted by Gasteiger charge is 2.33. The molecule has 1 atom stereocenters. The van der Waals surface area contributed by atoms with Crippen LogP contribution in [-0.4, -0.2) is 60.4 Å². The van der Waals surface area contributed by atoms with E-state index >= 15 is 0 Å². The monoisotopic (exact) mass is 411 g/mol. The summed E-state index contributed by atoms with van der Waals surface area (Å²) in [5.41, 5.74) is 1.37. The molecule has 2 fully saturated rings. The summed E-state index contributed by atoms with van der Waals surface area (Å²) >= 11 is 6.20. The van der Waals surface area contributed by atoms with Crippen molar-refractivity contribution in [3.63, 3.8) is 0 Å². The van der Waals surface area contributed by atoms with Crippen LogP contribution >= 0.6 is 24.0 Å². The minimum atomic E-state index is -0.123. The maximum atomic E-state index is 13.1. The normalized spacial score (nSPS) is 20.7. The van der Waals surface area contributed by atoms with Gasteiger partial charge in [-0.1, -0.05) is 23.7 Å². The maximum absolute atomic E-state index is 13.1. The Hall–Kier alpha value is -1.76. The van der Waals surface area contributed by atoms with Crippen LogP contribution < -0.4 is 5.32 Å². The topological polar surface area (TPSA) is 65.8 Å². The lowest BCUT2D eigenvalue weighted by atomic mass is 10.0. The molecule has 1 aromatic carbocycles. The number of benzene rings is 1. The Morgan fingerprint density at radius 3 is 2.89 bits per heavy atom. The lowest BCUT2D eigenvalue weighted by Crippen LogP contribution is -2.57. The summed E-state index contributed by atoms with van der Waals surface area (Å²) in [6.45, 7) is 5.00. The van der Waals surface area contributed by atoms with E-state index in [1.165, 1.54) is 0 Å². The van der Waals surface area contributed by atoms with E-state index in [4.69, 9.17) is 16.0 Å². The van der Waals surface area contributed by atoms with Crippen LogP contribution in [0.4, 0.5) is 0 Å². The minimum absolute atomic E-state index is 0. The van der Waals surface area contributed by atoms with E-state index in [1.54, 1.807) is 6.07 Å². The summed E-state index contributed by atoms with van der Waals surface area (Å²) in [7, 11) is 0. The molecule has 2 aliphatic rings. The molecule has 2 amide bonds. The second-order valence-corrected chi connectivity index (χ2v) is 7.39. The molecule has 0 spiro atoms. The van der Waals surface area contributed by atoms with Crippen molar-refractivity contribution in [3.8, 4) is 0 Å². The van der Waals surface area contributed by atoms with Gasteiger partial charge < -0.3 is 19.5 Å². The van der Waals surface area contributed by atoms with Crippen molar-refractivity contribution in [2.45, 2.75) is 25.8 Å². The fourth-order valence-electron chi connectivity index (χ4n) is 3.96. The number of rotatable bonds is 2. The number of nitrogens with zero attached hydrogens (tertiary/aromatic N) is 2. The zero-order chi connectivity index (χ0) is 18.3. The summed E-state index contributed by atoms with van der Waals surface area (Å²) in [5, 5.41) is 4.47. The van der Waals surface area contributed by atoms with Gasteiger partial charge >= 0.3 is 0 Å². The number of carbonyl (C=O) groups is 2. The first-order valence-electron chi connectivity index (χ1n) is 9.03. The Labute approximate surface area is 169 Å². The first-order valence-corrected chi connectivity index (χ1v) is 9.41. The van der Waals surface area contributed by atoms with E-state index in [-0.39, 0.29) is 30.3 Å². The number of para-hydroxylation sites is 1. The largest absolute Gasteiger partial charge is 0.449 e. The third-order valence-electron chi connectivity index (χ3n) is 5.36. The molecule has 0 saturated carbocycles. The van der Waals surface area contributed by atoms with Gasteiger partial charge in [-0.05, 0) is 25.8 Å².